The molecule has 1 aromatic rings. The van der Waals surface area contributed by atoms with Crippen LogP contribution in [-0.2, 0) is 0 Å². The summed E-state index contributed by atoms with van der Waals surface area (Å²) < 4.78 is 15.0. The molecule has 1 aliphatic rings. The average Bonchev–Trinajstić information content (AvgIpc) is 2.81. The zero-order valence-electron chi connectivity index (χ0n) is 11.3. The second kappa shape index (κ2) is 6.55. The van der Waals surface area contributed by atoms with Crippen LogP contribution in [0.2, 0.25) is 5.02 Å². The molecule has 1 aromatic carbocycles. The van der Waals surface area contributed by atoms with Crippen molar-refractivity contribution in [1.29, 1.82) is 0 Å². The Balaban J connectivity index is 2.31. The maximum Gasteiger partial charge on any atom is 0.147 e. The molecule has 1 fully saturated rings. The number of nitrogens with one attached hydrogen (secondary N) is 1. The molecule has 0 amide bonds. The summed E-state index contributed by atoms with van der Waals surface area (Å²) in [6, 6.07) is 3.76. The molecule has 19 heavy (non-hydrogen) atoms. The van der Waals surface area contributed by atoms with Gasteiger partial charge in [0.15, 0.2) is 0 Å². The van der Waals surface area contributed by atoms with E-state index in [9.17, 15) is 4.39 Å². The Bertz CT molecular complexity index is 452. The van der Waals surface area contributed by atoms with Crippen LogP contribution < -0.4 is 5.32 Å². The summed E-state index contributed by atoms with van der Waals surface area (Å²) in [7, 11) is 0. The minimum Gasteiger partial charge on any atom is -0.310 e. The van der Waals surface area contributed by atoms with E-state index in [1.165, 1.54) is 6.42 Å². The van der Waals surface area contributed by atoms with Gasteiger partial charge in [0.1, 0.15) is 5.82 Å². The molecule has 3 unspecified atom stereocenters. The van der Waals surface area contributed by atoms with Gasteiger partial charge in [0.25, 0.3) is 0 Å². The second-order valence-corrected chi connectivity index (χ2v) is 6.71. The zero-order valence-corrected chi connectivity index (χ0v) is 13.7. The predicted molar refractivity (Wildman–Crippen MR) is 82.0 cm³/mol. The third-order valence-corrected chi connectivity index (χ3v) is 5.29. The lowest BCUT2D eigenvalue weighted by atomic mass is 9.90. The van der Waals surface area contributed by atoms with Crippen molar-refractivity contribution in [1.82, 2.24) is 5.32 Å². The van der Waals surface area contributed by atoms with Gasteiger partial charge in [0, 0.05) is 16.1 Å². The molecule has 1 aliphatic carbocycles. The van der Waals surface area contributed by atoms with E-state index in [1.807, 2.05) is 12.1 Å². The van der Waals surface area contributed by atoms with Gasteiger partial charge in [-0.2, -0.15) is 0 Å². The molecule has 106 valence electrons. The monoisotopic (exact) mass is 347 g/mol. The van der Waals surface area contributed by atoms with Crippen LogP contribution in [0.5, 0.6) is 0 Å². The quantitative estimate of drug-likeness (QED) is 0.725. The van der Waals surface area contributed by atoms with E-state index in [1.54, 1.807) is 0 Å². The van der Waals surface area contributed by atoms with Crippen LogP contribution in [0.4, 0.5) is 4.39 Å². The molecule has 0 bridgehead atoms. The van der Waals surface area contributed by atoms with E-state index in [4.69, 9.17) is 11.6 Å². The molecule has 4 heteroatoms. The molecular formula is C15H20BrClFN. The first-order valence-electron chi connectivity index (χ1n) is 6.91. The van der Waals surface area contributed by atoms with Gasteiger partial charge in [0.2, 0.25) is 0 Å². The Morgan fingerprint density at radius 3 is 2.79 bits per heavy atom. The number of halogens is 3. The zero-order chi connectivity index (χ0) is 14.0. The number of hydrogen-bond donors (Lipinski definition) is 1. The van der Waals surface area contributed by atoms with Crippen LogP contribution in [0.1, 0.15) is 44.7 Å². The van der Waals surface area contributed by atoms with E-state index < -0.39 is 0 Å². The van der Waals surface area contributed by atoms with Crippen molar-refractivity contribution >= 4 is 27.5 Å². The lowest BCUT2D eigenvalue weighted by Gasteiger charge is -2.26. The SMILES string of the molecule is CCNC(c1ccc(Br)c(Cl)c1F)C1CCC(C)C1. The molecule has 0 aromatic heterocycles. The fourth-order valence-corrected chi connectivity index (χ4v) is 3.56. The number of rotatable bonds is 4. The van der Waals surface area contributed by atoms with Crippen LogP contribution in [-0.4, -0.2) is 6.54 Å². The highest BCUT2D eigenvalue weighted by Gasteiger charge is 2.31. The Kier molecular flexibility index (Phi) is 5.27. The summed E-state index contributed by atoms with van der Waals surface area (Å²) in [5.74, 6) is 0.948. The predicted octanol–water partition coefficient (Wildman–Crippen LogP) is 5.33. The maximum atomic E-state index is 14.4. The van der Waals surface area contributed by atoms with Crippen LogP contribution >= 0.6 is 27.5 Å². The molecule has 1 saturated carbocycles. The van der Waals surface area contributed by atoms with Crippen molar-refractivity contribution in [3.63, 3.8) is 0 Å². The summed E-state index contributed by atoms with van der Waals surface area (Å²) in [5, 5.41) is 3.62. The van der Waals surface area contributed by atoms with Gasteiger partial charge in [-0.05, 0) is 53.2 Å². The van der Waals surface area contributed by atoms with E-state index in [-0.39, 0.29) is 16.9 Å². The fourth-order valence-electron chi connectivity index (χ4n) is 3.09. The van der Waals surface area contributed by atoms with Gasteiger partial charge < -0.3 is 5.32 Å². The Morgan fingerprint density at radius 2 is 2.21 bits per heavy atom. The standard InChI is InChI=1S/C15H20BrClFN/c1-3-19-15(10-5-4-9(2)8-10)11-6-7-12(16)13(17)14(11)18/h6-7,9-10,15,19H,3-5,8H2,1-2H3. The summed E-state index contributed by atoms with van der Waals surface area (Å²) in [6.07, 6.45) is 3.55. The molecule has 0 aliphatic heterocycles. The van der Waals surface area contributed by atoms with Crippen LogP contribution in [0.15, 0.2) is 16.6 Å². The van der Waals surface area contributed by atoms with E-state index >= 15 is 0 Å². The largest absolute Gasteiger partial charge is 0.310 e. The van der Waals surface area contributed by atoms with Gasteiger partial charge in [-0.3, -0.25) is 0 Å². The highest BCUT2D eigenvalue weighted by atomic mass is 79.9. The summed E-state index contributed by atoms with van der Waals surface area (Å²) in [5.41, 5.74) is 0.703. The second-order valence-electron chi connectivity index (χ2n) is 5.48. The maximum absolute atomic E-state index is 14.4. The molecule has 0 saturated heterocycles. The van der Waals surface area contributed by atoms with Gasteiger partial charge in [-0.15, -0.1) is 0 Å². The van der Waals surface area contributed by atoms with Crippen LogP contribution in [0, 0.1) is 17.7 Å². The summed E-state index contributed by atoms with van der Waals surface area (Å²) in [6.45, 7) is 5.17. The van der Waals surface area contributed by atoms with E-state index in [0.29, 0.717) is 16.0 Å². The van der Waals surface area contributed by atoms with Crippen molar-refractivity contribution in [2.24, 2.45) is 11.8 Å². The third kappa shape index (κ3) is 3.32. The summed E-state index contributed by atoms with van der Waals surface area (Å²) >= 11 is 9.28. The van der Waals surface area contributed by atoms with Crippen molar-refractivity contribution in [3.8, 4) is 0 Å². The van der Waals surface area contributed by atoms with Gasteiger partial charge in [0.05, 0.1) is 5.02 Å². The molecule has 3 atom stereocenters. The Hall–Kier alpha value is -0.120. The highest BCUT2D eigenvalue weighted by molar-refractivity contribution is 9.10. The average molecular weight is 349 g/mol. The normalized spacial score (nSPS) is 24.7. The van der Waals surface area contributed by atoms with E-state index in [0.717, 1.165) is 25.3 Å². The van der Waals surface area contributed by atoms with Crippen LogP contribution in [0.3, 0.4) is 0 Å². The molecule has 0 radical (unpaired) electrons. The van der Waals surface area contributed by atoms with Gasteiger partial charge in [-0.1, -0.05) is 37.9 Å². The Labute approximate surface area is 128 Å². The molecular weight excluding hydrogens is 329 g/mol. The smallest absolute Gasteiger partial charge is 0.147 e. The lowest BCUT2D eigenvalue weighted by Crippen LogP contribution is -2.28. The third-order valence-electron chi connectivity index (χ3n) is 4.03. The molecule has 0 spiro atoms. The van der Waals surface area contributed by atoms with Crippen molar-refractivity contribution in [2.45, 2.75) is 39.2 Å². The molecule has 1 nitrogen and oxygen atoms in total. The van der Waals surface area contributed by atoms with Gasteiger partial charge >= 0.3 is 0 Å². The summed E-state index contributed by atoms with van der Waals surface area (Å²) in [4.78, 5) is 0. The first kappa shape index (κ1) is 15.3. The Morgan fingerprint density at radius 1 is 1.47 bits per heavy atom. The van der Waals surface area contributed by atoms with Crippen molar-refractivity contribution < 1.29 is 4.39 Å². The minimum atomic E-state index is -0.290. The van der Waals surface area contributed by atoms with Crippen molar-refractivity contribution in [3.05, 3.63) is 33.0 Å². The number of hydrogen-bond acceptors (Lipinski definition) is 1. The minimum absolute atomic E-state index is 0.0700. The molecule has 0 heterocycles. The topological polar surface area (TPSA) is 12.0 Å². The lowest BCUT2D eigenvalue weighted by molar-refractivity contribution is 0.355. The molecule has 2 rings (SSSR count). The number of benzene rings is 1. The van der Waals surface area contributed by atoms with E-state index in [2.05, 4.69) is 35.1 Å². The van der Waals surface area contributed by atoms with Crippen molar-refractivity contribution in [2.75, 3.05) is 6.54 Å². The first-order chi connectivity index (χ1) is 9.04. The highest BCUT2D eigenvalue weighted by Crippen LogP contribution is 2.41. The van der Waals surface area contributed by atoms with Gasteiger partial charge in [-0.25, -0.2) is 4.39 Å². The van der Waals surface area contributed by atoms with Crippen LogP contribution in [0.25, 0.3) is 0 Å². The first-order valence-corrected chi connectivity index (χ1v) is 8.08. The molecule has 1 N–H and O–H groups in total. The fraction of sp³-hybridized carbons (Fsp3) is 0.600.